The smallest absolute Gasteiger partial charge is 0.325 e. The van der Waals surface area contributed by atoms with E-state index in [9.17, 15) is 9.90 Å². The molecule has 0 radical (unpaired) electrons. The van der Waals surface area contributed by atoms with Gasteiger partial charge in [0.1, 0.15) is 11.8 Å². The molecule has 1 aromatic carbocycles. The molecule has 7 nitrogen and oxygen atoms in total. The van der Waals surface area contributed by atoms with E-state index in [2.05, 4.69) is 35.7 Å². The first-order valence-electron chi connectivity index (χ1n) is 10.3. The van der Waals surface area contributed by atoms with Gasteiger partial charge in [-0.2, -0.15) is 0 Å². The Morgan fingerprint density at radius 1 is 1.29 bits per heavy atom. The van der Waals surface area contributed by atoms with Crippen LogP contribution in [0.5, 0.6) is 5.75 Å². The molecule has 1 unspecified atom stereocenters. The van der Waals surface area contributed by atoms with E-state index in [1.165, 1.54) is 0 Å². The van der Waals surface area contributed by atoms with E-state index in [1.54, 1.807) is 7.11 Å². The topological polar surface area (TPSA) is 81.7 Å². The lowest BCUT2D eigenvalue weighted by molar-refractivity contribution is -0.144. The predicted molar refractivity (Wildman–Crippen MR) is 123 cm³/mol. The van der Waals surface area contributed by atoms with Gasteiger partial charge in [0.05, 0.1) is 12.8 Å². The molecular formula is C23H27BrN4O3. The monoisotopic (exact) mass is 486 g/mol. The second-order valence-electron chi connectivity index (χ2n) is 8.03. The number of nitrogens with one attached hydrogen (secondary N) is 1. The lowest BCUT2D eigenvalue weighted by Crippen LogP contribution is -2.49. The highest BCUT2D eigenvalue weighted by Crippen LogP contribution is 2.32. The number of hydrogen-bond donors (Lipinski definition) is 2. The molecule has 1 fully saturated rings. The van der Waals surface area contributed by atoms with Gasteiger partial charge in [-0.05, 0) is 32.0 Å². The van der Waals surface area contributed by atoms with Crippen molar-refractivity contribution >= 4 is 32.8 Å². The fourth-order valence-electron chi connectivity index (χ4n) is 4.45. The average Bonchev–Trinajstić information content (AvgIpc) is 3.14. The Morgan fingerprint density at radius 3 is 2.71 bits per heavy atom. The minimum Gasteiger partial charge on any atom is -0.496 e. The normalized spacial score (nSPS) is 16.5. The third-order valence-corrected chi connectivity index (χ3v) is 6.59. The summed E-state index contributed by atoms with van der Waals surface area (Å²) in [4.78, 5) is 24.4. The third kappa shape index (κ3) is 4.33. The number of aromatic nitrogens is 2. The zero-order valence-corrected chi connectivity index (χ0v) is 19.6. The SMILES string of the molecule is COc1c(C)cnc(CN2CCN(C(C(=O)O)c3c[nH]c4ccc(Br)cc34)CC2)c1C. The fraction of sp³-hybridized carbons (Fsp3) is 0.391. The van der Waals surface area contributed by atoms with Gasteiger partial charge in [-0.3, -0.25) is 19.6 Å². The molecular weight excluding hydrogens is 460 g/mol. The van der Waals surface area contributed by atoms with Crippen LogP contribution in [-0.2, 0) is 11.3 Å². The maximum atomic E-state index is 12.2. The number of nitrogens with zero attached hydrogens (tertiary/aromatic N) is 3. The lowest BCUT2D eigenvalue weighted by Gasteiger charge is -2.37. The summed E-state index contributed by atoms with van der Waals surface area (Å²) in [6.45, 7) is 7.70. The number of pyridine rings is 1. The van der Waals surface area contributed by atoms with E-state index >= 15 is 0 Å². The highest BCUT2D eigenvalue weighted by molar-refractivity contribution is 9.10. The van der Waals surface area contributed by atoms with Crippen LogP contribution in [0.4, 0.5) is 0 Å². The molecule has 31 heavy (non-hydrogen) atoms. The van der Waals surface area contributed by atoms with Crippen molar-refractivity contribution in [3.8, 4) is 5.75 Å². The first-order valence-corrected chi connectivity index (χ1v) is 11.1. The summed E-state index contributed by atoms with van der Waals surface area (Å²) in [6, 6.07) is 5.22. The number of aryl methyl sites for hydroxylation is 1. The fourth-order valence-corrected chi connectivity index (χ4v) is 4.81. The number of H-pyrrole nitrogens is 1. The van der Waals surface area contributed by atoms with Gasteiger partial charge in [0.2, 0.25) is 0 Å². The number of fused-ring (bicyclic) bond motifs is 1. The van der Waals surface area contributed by atoms with Crippen molar-refractivity contribution in [3.05, 3.63) is 57.4 Å². The van der Waals surface area contributed by atoms with E-state index in [1.807, 2.05) is 44.4 Å². The van der Waals surface area contributed by atoms with Gasteiger partial charge in [0.25, 0.3) is 0 Å². The Bertz CT molecular complexity index is 1110. The highest BCUT2D eigenvalue weighted by Gasteiger charge is 2.32. The van der Waals surface area contributed by atoms with Gasteiger partial charge in [-0.1, -0.05) is 15.9 Å². The summed E-state index contributed by atoms with van der Waals surface area (Å²) in [6.07, 6.45) is 3.68. The maximum Gasteiger partial charge on any atom is 0.325 e. The Labute approximate surface area is 190 Å². The number of piperazine rings is 1. The van der Waals surface area contributed by atoms with Gasteiger partial charge in [-0.15, -0.1) is 0 Å². The van der Waals surface area contributed by atoms with E-state index < -0.39 is 12.0 Å². The highest BCUT2D eigenvalue weighted by atomic mass is 79.9. The van der Waals surface area contributed by atoms with E-state index in [0.29, 0.717) is 13.1 Å². The van der Waals surface area contributed by atoms with Crippen LogP contribution in [0.25, 0.3) is 10.9 Å². The number of carboxylic acid groups (broad SMARTS) is 1. The van der Waals surface area contributed by atoms with Crippen LogP contribution < -0.4 is 4.74 Å². The zero-order valence-electron chi connectivity index (χ0n) is 18.0. The molecule has 0 saturated carbocycles. The molecule has 1 aliphatic heterocycles. The first kappa shape index (κ1) is 21.8. The maximum absolute atomic E-state index is 12.2. The second-order valence-corrected chi connectivity index (χ2v) is 8.95. The van der Waals surface area contributed by atoms with Crippen molar-refractivity contribution in [2.75, 3.05) is 33.3 Å². The van der Waals surface area contributed by atoms with Crippen LogP contribution in [0.3, 0.4) is 0 Å². The Hall–Kier alpha value is -2.42. The number of halogens is 1. The minimum atomic E-state index is -0.824. The van der Waals surface area contributed by atoms with Crippen molar-refractivity contribution < 1.29 is 14.6 Å². The van der Waals surface area contributed by atoms with Gasteiger partial charge in [0.15, 0.2) is 0 Å². The Balaban J connectivity index is 1.49. The molecule has 1 aliphatic rings. The number of aromatic amines is 1. The molecule has 0 amide bonds. The average molecular weight is 487 g/mol. The van der Waals surface area contributed by atoms with Crippen molar-refractivity contribution in [3.63, 3.8) is 0 Å². The summed E-state index contributed by atoms with van der Waals surface area (Å²) in [5, 5.41) is 11.0. The largest absolute Gasteiger partial charge is 0.496 e. The zero-order chi connectivity index (χ0) is 22.1. The van der Waals surface area contributed by atoms with Crippen LogP contribution >= 0.6 is 15.9 Å². The van der Waals surface area contributed by atoms with Gasteiger partial charge >= 0.3 is 5.97 Å². The predicted octanol–water partition coefficient (Wildman–Crippen LogP) is 3.89. The standard InChI is InChI=1S/C23H27BrN4O3/c1-14-11-25-20(15(2)22(14)31-3)13-27-6-8-28(9-7-27)21(23(29)30)18-12-26-19-5-4-16(24)10-17(18)19/h4-5,10-12,21,26H,6-9,13H2,1-3H3,(H,29,30). The molecule has 1 atom stereocenters. The van der Waals surface area contributed by atoms with Gasteiger partial charge < -0.3 is 14.8 Å². The van der Waals surface area contributed by atoms with Crippen LogP contribution in [0, 0.1) is 13.8 Å². The van der Waals surface area contributed by atoms with Crippen LogP contribution in [0.15, 0.2) is 35.1 Å². The van der Waals surface area contributed by atoms with E-state index in [4.69, 9.17) is 4.74 Å². The molecule has 8 heteroatoms. The second kappa shape index (κ2) is 8.98. The molecule has 1 saturated heterocycles. The number of benzene rings is 1. The summed E-state index contributed by atoms with van der Waals surface area (Å²) >= 11 is 3.50. The minimum absolute atomic E-state index is 0.676. The Kier molecular flexibility index (Phi) is 6.31. The molecule has 3 aromatic rings. The van der Waals surface area contributed by atoms with Crippen LogP contribution in [0.1, 0.15) is 28.4 Å². The van der Waals surface area contributed by atoms with Crippen LogP contribution in [-0.4, -0.2) is 64.1 Å². The number of methoxy groups -OCH3 is 1. The van der Waals surface area contributed by atoms with Gasteiger partial charge in [0, 0.05) is 77.2 Å². The molecule has 0 aliphatic carbocycles. The van der Waals surface area contributed by atoms with Crippen LogP contribution in [0.2, 0.25) is 0 Å². The molecule has 2 N–H and O–H groups in total. The summed E-state index contributed by atoms with van der Waals surface area (Å²) in [5.74, 6) is 0.0650. The number of rotatable bonds is 6. The number of ether oxygens (including phenoxy) is 1. The lowest BCUT2D eigenvalue weighted by atomic mass is 10.0. The Morgan fingerprint density at radius 2 is 2.03 bits per heavy atom. The molecule has 4 rings (SSSR count). The number of carboxylic acids is 1. The number of hydrogen-bond acceptors (Lipinski definition) is 5. The van der Waals surface area contributed by atoms with Crippen molar-refractivity contribution in [1.82, 2.24) is 19.8 Å². The van der Waals surface area contributed by atoms with E-state index in [-0.39, 0.29) is 0 Å². The summed E-state index contributed by atoms with van der Waals surface area (Å²) < 4.78 is 6.46. The van der Waals surface area contributed by atoms with Crippen molar-refractivity contribution in [1.29, 1.82) is 0 Å². The molecule has 0 spiro atoms. The number of carbonyl (C=O) groups is 1. The van der Waals surface area contributed by atoms with Crippen molar-refractivity contribution in [2.45, 2.75) is 26.4 Å². The third-order valence-electron chi connectivity index (χ3n) is 6.10. The molecule has 164 valence electrons. The number of aliphatic carboxylic acids is 1. The first-order chi connectivity index (χ1) is 14.9. The molecule has 2 aromatic heterocycles. The van der Waals surface area contributed by atoms with Gasteiger partial charge in [-0.25, -0.2) is 0 Å². The quantitative estimate of drug-likeness (QED) is 0.549. The summed E-state index contributed by atoms with van der Waals surface area (Å²) in [7, 11) is 1.69. The van der Waals surface area contributed by atoms with Crippen molar-refractivity contribution in [2.24, 2.45) is 0 Å². The molecule has 0 bridgehead atoms. The molecule has 3 heterocycles. The van der Waals surface area contributed by atoms with E-state index in [0.717, 1.165) is 63.1 Å². The summed E-state index contributed by atoms with van der Waals surface area (Å²) in [5.41, 5.74) is 4.85.